The molecule has 2 aromatic carbocycles. The Balaban J connectivity index is 1.90. The monoisotopic (exact) mass is 283 g/mol. The number of phenolic OH excluding ortho intramolecular Hbond substituents is 1. The van der Waals surface area contributed by atoms with Gasteiger partial charge in [-0.15, -0.1) is 0 Å². The number of rotatable bonds is 2. The van der Waals surface area contributed by atoms with Crippen LogP contribution >= 0.6 is 0 Å². The normalized spacial score (nSPS) is 20.6. The summed E-state index contributed by atoms with van der Waals surface area (Å²) in [5, 5.41) is 15.1. The van der Waals surface area contributed by atoms with Crippen LogP contribution in [-0.2, 0) is 0 Å². The minimum atomic E-state index is -0.182. The molecule has 1 unspecified atom stereocenters. The number of hydrogen-bond acceptors (Lipinski definition) is 2. The average Bonchev–Trinajstić information content (AvgIpc) is 2.78. The first-order chi connectivity index (χ1) is 9.99. The van der Waals surface area contributed by atoms with Crippen LogP contribution < -0.4 is 5.32 Å². The molecule has 1 fully saturated rings. The number of phenols is 1. The van der Waals surface area contributed by atoms with Crippen molar-refractivity contribution in [1.82, 2.24) is 5.32 Å². The number of hydrogen-bond donors (Lipinski definition) is 2. The van der Waals surface area contributed by atoms with E-state index in [0.717, 1.165) is 30.0 Å². The number of carbonyl (C=O) groups excluding carboxylic acids is 1. The molecule has 1 amide bonds. The van der Waals surface area contributed by atoms with Gasteiger partial charge in [0.1, 0.15) is 5.75 Å². The minimum Gasteiger partial charge on any atom is -0.506 e. The van der Waals surface area contributed by atoms with Gasteiger partial charge in [-0.05, 0) is 29.7 Å². The number of aromatic hydroxyl groups is 1. The molecule has 0 heterocycles. The highest BCUT2D eigenvalue weighted by atomic mass is 16.3. The molecule has 110 valence electrons. The summed E-state index contributed by atoms with van der Waals surface area (Å²) in [6.45, 7) is 4.37. The molecular weight excluding hydrogens is 262 g/mol. The summed E-state index contributed by atoms with van der Waals surface area (Å²) >= 11 is 0. The molecule has 3 heteroatoms. The first kappa shape index (κ1) is 13.9. The Labute approximate surface area is 125 Å². The highest BCUT2D eigenvalue weighted by molar-refractivity contribution is 6.03. The van der Waals surface area contributed by atoms with Gasteiger partial charge < -0.3 is 10.4 Å². The maximum Gasteiger partial charge on any atom is 0.255 e. The number of fused-ring (bicyclic) bond motifs is 1. The van der Waals surface area contributed by atoms with Gasteiger partial charge in [0.05, 0.1) is 5.56 Å². The maximum absolute atomic E-state index is 12.5. The van der Waals surface area contributed by atoms with E-state index < -0.39 is 0 Å². The van der Waals surface area contributed by atoms with E-state index in [9.17, 15) is 9.90 Å². The molecule has 1 atom stereocenters. The zero-order chi connectivity index (χ0) is 15.0. The Morgan fingerprint density at radius 3 is 2.71 bits per heavy atom. The van der Waals surface area contributed by atoms with Crippen LogP contribution in [0, 0.1) is 5.41 Å². The van der Waals surface area contributed by atoms with Gasteiger partial charge in [0.15, 0.2) is 0 Å². The van der Waals surface area contributed by atoms with E-state index in [2.05, 4.69) is 19.2 Å². The fraction of sp³-hybridized carbons (Fsp3) is 0.389. The fourth-order valence-electron chi connectivity index (χ4n) is 3.27. The van der Waals surface area contributed by atoms with Crippen LogP contribution in [0.15, 0.2) is 36.4 Å². The highest BCUT2D eigenvalue weighted by Crippen LogP contribution is 2.37. The van der Waals surface area contributed by atoms with Crippen LogP contribution in [0.25, 0.3) is 10.8 Å². The number of amides is 1. The molecule has 1 saturated carbocycles. The maximum atomic E-state index is 12.5. The van der Waals surface area contributed by atoms with Crippen LogP contribution in [0.2, 0.25) is 0 Å². The second kappa shape index (κ2) is 5.06. The largest absolute Gasteiger partial charge is 0.506 e. The van der Waals surface area contributed by atoms with Crippen LogP contribution in [0.4, 0.5) is 0 Å². The van der Waals surface area contributed by atoms with Crippen molar-refractivity contribution in [3.8, 4) is 5.75 Å². The van der Waals surface area contributed by atoms with Crippen molar-refractivity contribution >= 4 is 16.7 Å². The van der Waals surface area contributed by atoms with Crippen molar-refractivity contribution in [1.29, 1.82) is 0 Å². The van der Waals surface area contributed by atoms with Gasteiger partial charge in [-0.3, -0.25) is 4.79 Å². The van der Waals surface area contributed by atoms with Crippen molar-refractivity contribution in [2.75, 3.05) is 0 Å². The molecule has 3 rings (SSSR count). The fourth-order valence-corrected chi connectivity index (χ4v) is 3.27. The first-order valence-electron chi connectivity index (χ1n) is 7.50. The molecule has 2 N–H and O–H groups in total. The Morgan fingerprint density at radius 1 is 1.24 bits per heavy atom. The van der Waals surface area contributed by atoms with Crippen LogP contribution in [0.1, 0.15) is 43.5 Å². The zero-order valence-corrected chi connectivity index (χ0v) is 12.5. The molecule has 0 aliphatic heterocycles. The van der Waals surface area contributed by atoms with Gasteiger partial charge in [-0.1, -0.05) is 50.6 Å². The summed E-state index contributed by atoms with van der Waals surface area (Å²) in [7, 11) is 0. The molecule has 2 aromatic rings. The Bertz CT molecular complexity index is 691. The third-order valence-electron chi connectivity index (χ3n) is 4.71. The molecule has 1 aliphatic carbocycles. The van der Waals surface area contributed by atoms with Gasteiger partial charge in [0.25, 0.3) is 5.91 Å². The van der Waals surface area contributed by atoms with Crippen molar-refractivity contribution in [2.45, 2.75) is 39.2 Å². The number of benzene rings is 2. The van der Waals surface area contributed by atoms with E-state index in [4.69, 9.17) is 0 Å². The average molecular weight is 283 g/mol. The van der Waals surface area contributed by atoms with Crippen LogP contribution in [0.3, 0.4) is 0 Å². The van der Waals surface area contributed by atoms with E-state index in [-0.39, 0.29) is 23.1 Å². The van der Waals surface area contributed by atoms with E-state index in [1.165, 1.54) is 0 Å². The van der Waals surface area contributed by atoms with Crippen LogP contribution in [-0.4, -0.2) is 17.1 Å². The summed E-state index contributed by atoms with van der Waals surface area (Å²) in [6, 6.07) is 11.3. The molecule has 3 nitrogen and oxygen atoms in total. The third-order valence-corrected chi connectivity index (χ3v) is 4.71. The Hall–Kier alpha value is -2.03. The lowest BCUT2D eigenvalue weighted by Gasteiger charge is -2.28. The summed E-state index contributed by atoms with van der Waals surface area (Å²) in [5.74, 6) is -0.111. The molecule has 0 bridgehead atoms. The van der Waals surface area contributed by atoms with Crippen molar-refractivity contribution in [3.63, 3.8) is 0 Å². The lowest BCUT2D eigenvalue weighted by Crippen LogP contribution is -2.41. The molecule has 21 heavy (non-hydrogen) atoms. The highest BCUT2D eigenvalue weighted by Gasteiger charge is 2.35. The Morgan fingerprint density at radius 2 is 2.00 bits per heavy atom. The number of carbonyl (C=O) groups is 1. The predicted molar refractivity (Wildman–Crippen MR) is 84.5 cm³/mol. The third kappa shape index (κ3) is 2.48. The standard InChI is InChI=1S/C18H21NO2/c1-18(2)11-5-8-15(18)19-17(21)14-10-9-12-6-3-4-7-13(12)16(14)20/h3-4,6-7,9-10,15,20H,5,8,11H2,1-2H3,(H,19,21). The van der Waals surface area contributed by atoms with E-state index in [1.807, 2.05) is 30.3 Å². The second-order valence-corrected chi connectivity index (χ2v) is 6.59. The van der Waals surface area contributed by atoms with Crippen molar-refractivity contribution in [2.24, 2.45) is 5.41 Å². The van der Waals surface area contributed by atoms with Gasteiger partial charge in [-0.25, -0.2) is 0 Å². The van der Waals surface area contributed by atoms with Gasteiger partial charge >= 0.3 is 0 Å². The molecule has 0 spiro atoms. The van der Waals surface area contributed by atoms with E-state index in [0.29, 0.717) is 5.56 Å². The van der Waals surface area contributed by atoms with Gasteiger partial charge in [0.2, 0.25) is 0 Å². The molecular formula is C18H21NO2. The van der Waals surface area contributed by atoms with Crippen molar-refractivity contribution in [3.05, 3.63) is 42.0 Å². The lowest BCUT2D eigenvalue weighted by atomic mass is 9.87. The second-order valence-electron chi connectivity index (χ2n) is 6.59. The summed E-state index contributed by atoms with van der Waals surface area (Å²) in [5.41, 5.74) is 0.485. The minimum absolute atomic E-state index is 0.0707. The smallest absolute Gasteiger partial charge is 0.255 e. The molecule has 1 aliphatic rings. The van der Waals surface area contributed by atoms with Gasteiger partial charge in [0, 0.05) is 11.4 Å². The lowest BCUT2D eigenvalue weighted by molar-refractivity contribution is 0.0907. The molecule has 0 aromatic heterocycles. The van der Waals surface area contributed by atoms with Gasteiger partial charge in [-0.2, -0.15) is 0 Å². The SMILES string of the molecule is CC1(C)CCCC1NC(=O)c1ccc2ccccc2c1O. The number of nitrogens with one attached hydrogen (secondary N) is 1. The Kier molecular flexibility index (Phi) is 3.36. The summed E-state index contributed by atoms with van der Waals surface area (Å²) in [6.07, 6.45) is 3.27. The topological polar surface area (TPSA) is 49.3 Å². The first-order valence-corrected chi connectivity index (χ1v) is 7.50. The summed E-state index contributed by atoms with van der Waals surface area (Å²) in [4.78, 5) is 12.5. The zero-order valence-electron chi connectivity index (χ0n) is 12.5. The van der Waals surface area contributed by atoms with Crippen molar-refractivity contribution < 1.29 is 9.90 Å². The van der Waals surface area contributed by atoms with Crippen LogP contribution in [0.5, 0.6) is 5.75 Å². The van der Waals surface area contributed by atoms with E-state index >= 15 is 0 Å². The summed E-state index contributed by atoms with van der Waals surface area (Å²) < 4.78 is 0. The predicted octanol–water partition coefficient (Wildman–Crippen LogP) is 3.85. The molecule has 0 saturated heterocycles. The van der Waals surface area contributed by atoms with E-state index in [1.54, 1.807) is 6.07 Å². The quantitative estimate of drug-likeness (QED) is 0.879. The molecule has 0 radical (unpaired) electrons.